The minimum atomic E-state index is -0.398. The molecule has 2 aliphatic heterocycles. The summed E-state index contributed by atoms with van der Waals surface area (Å²) in [7, 11) is 0. The molecule has 0 aromatic heterocycles. The summed E-state index contributed by atoms with van der Waals surface area (Å²) >= 11 is 0. The smallest absolute Gasteiger partial charge is 0.277 e. The zero-order chi connectivity index (χ0) is 14.5. The first-order valence-corrected chi connectivity index (χ1v) is 7.69. The molecule has 21 heavy (non-hydrogen) atoms. The van der Waals surface area contributed by atoms with Gasteiger partial charge < -0.3 is 19.7 Å². The molecule has 5 nitrogen and oxygen atoms in total. The molecule has 0 bridgehead atoms. The van der Waals surface area contributed by atoms with E-state index in [9.17, 15) is 4.79 Å². The second-order valence-corrected chi connectivity index (χ2v) is 5.67. The van der Waals surface area contributed by atoms with Gasteiger partial charge in [0.15, 0.2) is 12.3 Å². The first-order valence-electron chi connectivity index (χ1n) is 7.69. The van der Waals surface area contributed by atoms with Crippen molar-refractivity contribution in [1.82, 2.24) is 4.90 Å². The van der Waals surface area contributed by atoms with Crippen LogP contribution in [0.5, 0.6) is 0 Å². The van der Waals surface area contributed by atoms with Gasteiger partial charge in [0.25, 0.3) is 5.91 Å². The largest absolute Gasteiger partial charge is 0.347 e. The molecule has 0 radical (unpaired) electrons. The van der Waals surface area contributed by atoms with E-state index in [0.717, 1.165) is 32.5 Å². The van der Waals surface area contributed by atoms with Gasteiger partial charge in [-0.1, -0.05) is 30.3 Å². The van der Waals surface area contributed by atoms with Crippen LogP contribution < -0.4 is 5.32 Å². The van der Waals surface area contributed by atoms with Crippen molar-refractivity contribution in [1.29, 1.82) is 0 Å². The van der Waals surface area contributed by atoms with E-state index in [-0.39, 0.29) is 5.91 Å². The SMILES string of the molecule is O=C(C[NH2+]Cc1ccccc1)N1CCC2(CC1)OCCO2. The maximum atomic E-state index is 12.2. The van der Waals surface area contributed by atoms with E-state index < -0.39 is 5.79 Å². The van der Waals surface area contributed by atoms with Crippen LogP contribution in [-0.4, -0.2) is 49.4 Å². The van der Waals surface area contributed by atoms with Gasteiger partial charge in [0.1, 0.15) is 6.54 Å². The van der Waals surface area contributed by atoms with E-state index >= 15 is 0 Å². The highest BCUT2D eigenvalue weighted by Crippen LogP contribution is 2.31. The van der Waals surface area contributed by atoms with Gasteiger partial charge in [0, 0.05) is 31.5 Å². The Hall–Kier alpha value is -1.43. The molecule has 0 atom stereocenters. The monoisotopic (exact) mass is 291 g/mol. The Morgan fingerprint density at radius 3 is 2.48 bits per heavy atom. The van der Waals surface area contributed by atoms with Crippen LogP contribution >= 0.6 is 0 Å². The lowest BCUT2D eigenvalue weighted by Crippen LogP contribution is -2.85. The highest BCUT2D eigenvalue weighted by atomic mass is 16.7. The summed E-state index contributed by atoms with van der Waals surface area (Å²) in [5.74, 6) is -0.191. The molecule has 1 spiro atoms. The summed E-state index contributed by atoms with van der Waals surface area (Å²) in [6, 6.07) is 10.2. The number of benzene rings is 1. The first kappa shape index (κ1) is 14.5. The minimum absolute atomic E-state index is 0.207. The summed E-state index contributed by atoms with van der Waals surface area (Å²) in [6.07, 6.45) is 1.58. The number of hydrogen-bond acceptors (Lipinski definition) is 3. The number of amides is 1. The molecule has 1 aromatic carbocycles. The van der Waals surface area contributed by atoms with E-state index in [2.05, 4.69) is 17.4 Å². The zero-order valence-corrected chi connectivity index (χ0v) is 12.3. The van der Waals surface area contributed by atoms with Crippen LogP contribution in [0.25, 0.3) is 0 Å². The van der Waals surface area contributed by atoms with E-state index in [1.807, 2.05) is 23.1 Å². The van der Waals surface area contributed by atoms with E-state index in [0.29, 0.717) is 19.8 Å². The zero-order valence-electron chi connectivity index (χ0n) is 12.3. The number of nitrogens with zero attached hydrogens (tertiary/aromatic N) is 1. The standard InChI is InChI=1S/C16H22N2O3/c19-15(13-17-12-14-4-2-1-3-5-14)18-8-6-16(7-9-18)20-10-11-21-16/h1-5,17H,6-13H2/p+1. The third kappa shape index (κ3) is 3.61. The highest BCUT2D eigenvalue weighted by Gasteiger charge is 2.40. The highest BCUT2D eigenvalue weighted by molar-refractivity contribution is 5.77. The lowest BCUT2D eigenvalue weighted by Gasteiger charge is -2.37. The second kappa shape index (κ2) is 6.56. The van der Waals surface area contributed by atoms with E-state index in [1.165, 1.54) is 5.56 Å². The average Bonchev–Trinajstić information content (AvgIpc) is 2.97. The Kier molecular flexibility index (Phi) is 4.53. The van der Waals surface area contributed by atoms with Crippen LogP contribution in [0.4, 0.5) is 0 Å². The summed E-state index contributed by atoms with van der Waals surface area (Å²) in [4.78, 5) is 14.1. The van der Waals surface area contributed by atoms with Crippen molar-refractivity contribution in [3.63, 3.8) is 0 Å². The van der Waals surface area contributed by atoms with Crippen molar-refractivity contribution >= 4 is 5.91 Å². The average molecular weight is 291 g/mol. The second-order valence-electron chi connectivity index (χ2n) is 5.67. The lowest BCUT2D eigenvalue weighted by atomic mass is 10.0. The van der Waals surface area contributed by atoms with Crippen LogP contribution in [0.15, 0.2) is 30.3 Å². The molecule has 1 amide bonds. The maximum Gasteiger partial charge on any atom is 0.277 e. The number of piperidine rings is 1. The lowest BCUT2D eigenvalue weighted by molar-refractivity contribution is -0.660. The first-order chi connectivity index (χ1) is 10.3. The van der Waals surface area contributed by atoms with Crippen LogP contribution in [-0.2, 0) is 20.8 Å². The van der Waals surface area contributed by atoms with E-state index in [4.69, 9.17) is 9.47 Å². The number of likely N-dealkylation sites (tertiary alicyclic amines) is 1. The molecule has 0 aliphatic carbocycles. The van der Waals surface area contributed by atoms with Crippen LogP contribution in [0.2, 0.25) is 0 Å². The van der Waals surface area contributed by atoms with Gasteiger partial charge in [-0.05, 0) is 0 Å². The van der Waals surface area contributed by atoms with Gasteiger partial charge in [-0.15, -0.1) is 0 Å². The van der Waals surface area contributed by atoms with Crippen molar-refractivity contribution in [3.05, 3.63) is 35.9 Å². The predicted octanol–water partition coefficient (Wildman–Crippen LogP) is 0.116. The van der Waals surface area contributed by atoms with Gasteiger partial charge in [0.2, 0.25) is 0 Å². The maximum absolute atomic E-state index is 12.2. The predicted molar refractivity (Wildman–Crippen MR) is 77.4 cm³/mol. The molecule has 0 saturated carbocycles. The topological polar surface area (TPSA) is 55.4 Å². The quantitative estimate of drug-likeness (QED) is 0.857. The molecule has 5 heteroatoms. The number of ether oxygens (including phenoxy) is 2. The fourth-order valence-corrected chi connectivity index (χ4v) is 2.99. The van der Waals surface area contributed by atoms with Crippen molar-refractivity contribution in [2.75, 3.05) is 32.8 Å². The Bertz CT molecular complexity index is 462. The number of carbonyl (C=O) groups is 1. The van der Waals surface area contributed by atoms with Gasteiger partial charge in [-0.3, -0.25) is 4.79 Å². The van der Waals surface area contributed by atoms with Crippen LogP contribution in [0, 0.1) is 0 Å². The Balaban J connectivity index is 1.40. The molecule has 2 aliphatic rings. The van der Waals surface area contributed by atoms with Crippen molar-refractivity contribution in [2.45, 2.75) is 25.2 Å². The van der Waals surface area contributed by atoms with Gasteiger partial charge in [0.05, 0.1) is 13.2 Å². The number of carbonyl (C=O) groups excluding carboxylic acids is 1. The number of hydrogen-bond donors (Lipinski definition) is 1. The van der Waals surface area contributed by atoms with Gasteiger partial charge >= 0.3 is 0 Å². The molecular weight excluding hydrogens is 268 g/mol. The Morgan fingerprint density at radius 2 is 1.81 bits per heavy atom. The molecule has 0 unspecified atom stereocenters. The molecular formula is C16H23N2O3+. The van der Waals surface area contributed by atoms with Crippen LogP contribution in [0.1, 0.15) is 18.4 Å². The number of nitrogens with two attached hydrogens (primary N) is 1. The normalized spacial score (nSPS) is 20.9. The Labute approximate surface area is 125 Å². The minimum Gasteiger partial charge on any atom is -0.347 e. The summed E-state index contributed by atoms with van der Waals surface area (Å²) < 4.78 is 11.4. The molecule has 2 N–H and O–H groups in total. The third-order valence-electron chi connectivity index (χ3n) is 4.23. The van der Waals surface area contributed by atoms with Crippen molar-refractivity contribution in [3.8, 4) is 0 Å². The molecule has 1 aromatic rings. The summed E-state index contributed by atoms with van der Waals surface area (Å²) in [5.41, 5.74) is 1.25. The van der Waals surface area contributed by atoms with Gasteiger partial charge in [-0.2, -0.15) is 0 Å². The van der Waals surface area contributed by atoms with Crippen molar-refractivity contribution in [2.24, 2.45) is 0 Å². The molecule has 2 fully saturated rings. The van der Waals surface area contributed by atoms with Crippen molar-refractivity contribution < 1.29 is 19.6 Å². The number of quaternary nitrogens is 1. The van der Waals surface area contributed by atoms with Crippen LogP contribution in [0.3, 0.4) is 0 Å². The fourth-order valence-electron chi connectivity index (χ4n) is 2.99. The summed E-state index contributed by atoms with van der Waals surface area (Å²) in [6.45, 7) is 4.17. The van der Waals surface area contributed by atoms with E-state index in [1.54, 1.807) is 0 Å². The molecule has 2 saturated heterocycles. The molecule has 114 valence electrons. The summed E-state index contributed by atoms with van der Waals surface area (Å²) in [5, 5.41) is 2.06. The fraction of sp³-hybridized carbons (Fsp3) is 0.562. The van der Waals surface area contributed by atoms with Gasteiger partial charge in [-0.25, -0.2) is 0 Å². The third-order valence-corrected chi connectivity index (χ3v) is 4.23. The Morgan fingerprint density at radius 1 is 1.14 bits per heavy atom. The molecule has 3 rings (SSSR count). The molecule has 2 heterocycles. The number of rotatable bonds is 4.